The molecule has 6 rings (SSSR count). The molecule has 3 nitrogen and oxygen atoms in total. The fourth-order valence-corrected chi connectivity index (χ4v) is 4.95. The molecule has 0 bridgehead atoms. The molecule has 0 radical (unpaired) electrons. The van der Waals surface area contributed by atoms with Gasteiger partial charge in [0.1, 0.15) is 0 Å². The number of rotatable bonds is 1. The molecular weight excluding hydrogens is 338 g/mol. The van der Waals surface area contributed by atoms with Crippen molar-refractivity contribution in [2.75, 3.05) is 0 Å². The molecule has 0 aliphatic heterocycles. The Hall–Kier alpha value is -3.24. The lowest BCUT2D eigenvalue weighted by atomic mass is 10.1. The minimum Gasteiger partial charge on any atom is -0.353 e. The summed E-state index contributed by atoms with van der Waals surface area (Å²) in [4.78, 5) is 12.7. The molecule has 1 N–H and O–H groups in total. The first-order chi connectivity index (χ1) is 12.9. The molecule has 26 heavy (non-hydrogen) atoms. The van der Waals surface area contributed by atoms with Gasteiger partial charge in [-0.2, -0.15) is 0 Å². The topological polar surface area (TPSA) is 41.6 Å². The van der Waals surface area contributed by atoms with Gasteiger partial charge < -0.3 is 4.98 Å². The average molecular weight is 351 g/mol. The van der Waals surface area contributed by atoms with Crippen LogP contribution in [0.3, 0.4) is 0 Å². The van der Waals surface area contributed by atoms with Crippen LogP contribution in [-0.2, 0) is 0 Å². The summed E-state index contributed by atoms with van der Waals surface area (Å²) in [5, 5.41) is 3.82. The Balaban J connectivity index is 1.76. The van der Waals surface area contributed by atoms with Crippen LogP contribution < -0.4 is 0 Å². The third kappa shape index (κ3) is 1.87. The van der Waals surface area contributed by atoms with E-state index in [1.54, 1.807) is 6.20 Å². The highest BCUT2D eigenvalue weighted by Crippen LogP contribution is 2.40. The van der Waals surface area contributed by atoms with Crippen molar-refractivity contribution in [2.24, 2.45) is 0 Å². The third-order valence-electron chi connectivity index (χ3n) is 4.91. The van der Waals surface area contributed by atoms with Crippen molar-refractivity contribution in [3.05, 3.63) is 73.1 Å². The molecule has 4 aromatic heterocycles. The molecule has 4 heterocycles. The second-order valence-corrected chi connectivity index (χ2v) is 7.47. The lowest BCUT2D eigenvalue weighted by Gasteiger charge is -2.00. The van der Waals surface area contributed by atoms with E-state index in [1.807, 2.05) is 29.7 Å². The summed E-state index contributed by atoms with van der Waals surface area (Å²) < 4.78 is 2.61. The Morgan fingerprint density at radius 2 is 1.73 bits per heavy atom. The smallest absolute Gasteiger partial charge is 0.0979 e. The van der Waals surface area contributed by atoms with Crippen molar-refractivity contribution in [1.82, 2.24) is 15.0 Å². The van der Waals surface area contributed by atoms with Crippen LogP contribution in [-0.4, -0.2) is 15.0 Å². The maximum atomic E-state index is 4.99. The molecule has 0 aliphatic rings. The van der Waals surface area contributed by atoms with E-state index in [0.29, 0.717) is 0 Å². The summed E-state index contributed by atoms with van der Waals surface area (Å²) in [6.07, 6.45) is 3.65. The zero-order chi connectivity index (χ0) is 17.1. The maximum absolute atomic E-state index is 4.99. The number of nitrogens with one attached hydrogen (secondary N) is 1. The van der Waals surface area contributed by atoms with E-state index in [-0.39, 0.29) is 0 Å². The van der Waals surface area contributed by atoms with E-state index >= 15 is 0 Å². The Morgan fingerprint density at radius 1 is 0.808 bits per heavy atom. The van der Waals surface area contributed by atoms with Crippen molar-refractivity contribution >= 4 is 53.4 Å². The van der Waals surface area contributed by atoms with Gasteiger partial charge in [0.2, 0.25) is 0 Å². The Kier molecular flexibility index (Phi) is 2.76. The lowest BCUT2D eigenvalue weighted by molar-refractivity contribution is 1.30. The van der Waals surface area contributed by atoms with Gasteiger partial charge in [-0.15, -0.1) is 11.3 Å². The predicted octanol–water partition coefficient (Wildman–Crippen LogP) is 6.15. The largest absolute Gasteiger partial charge is 0.353 e. The molecule has 122 valence electrons. The maximum Gasteiger partial charge on any atom is 0.0979 e. The van der Waals surface area contributed by atoms with E-state index in [1.165, 1.54) is 25.6 Å². The van der Waals surface area contributed by atoms with Crippen molar-refractivity contribution in [2.45, 2.75) is 0 Å². The number of benzene rings is 2. The number of thiophene rings is 1. The van der Waals surface area contributed by atoms with Crippen molar-refractivity contribution in [1.29, 1.82) is 0 Å². The molecule has 0 fully saturated rings. The Labute approximate surface area is 153 Å². The summed E-state index contributed by atoms with van der Waals surface area (Å²) in [5.41, 5.74) is 5.21. The second-order valence-electron chi connectivity index (χ2n) is 6.42. The van der Waals surface area contributed by atoms with Gasteiger partial charge in [-0.3, -0.25) is 4.98 Å². The fraction of sp³-hybridized carbons (Fsp3) is 0. The van der Waals surface area contributed by atoms with Gasteiger partial charge in [0.05, 0.1) is 16.7 Å². The zero-order valence-corrected chi connectivity index (χ0v) is 14.5. The van der Waals surface area contributed by atoms with Gasteiger partial charge in [0.25, 0.3) is 0 Å². The Morgan fingerprint density at radius 3 is 2.65 bits per heavy atom. The average Bonchev–Trinajstić information content (AvgIpc) is 3.26. The number of pyridine rings is 2. The molecule has 0 amide bonds. The summed E-state index contributed by atoms with van der Waals surface area (Å²) >= 11 is 1.84. The standard InChI is InChI=1S/C22H13N3S/c1-2-6-19-14(5-1)15-7-8-17-20(22(15)26-19)21-18(24-17)10-9-16(25-21)13-4-3-11-23-12-13/h1-12,24H. The van der Waals surface area contributed by atoms with Crippen molar-refractivity contribution < 1.29 is 0 Å². The molecular formula is C22H13N3S. The molecule has 0 atom stereocenters. The van der Waals surface area contributed by atoms with Gasteiger partial charge in [0, 0.05) is 49.0 Å². The lowest BCUT2D eigenvalue weighted by Crippen LogP contribution is -1.84. The van der Waals surface area contributed by atoms with Crippen LogP contribution in [0.15, 0.2) is 73.1 Å². The first-order valence-electron chi connectivity index (χ1n) is 8.51. The SMILES string of the molecule is c1cncc(-c2ccc3[nH]c4ccc5c6ccccc6sc5c4c3n2)c1. The predicted molar refractivity (Wildman–Crippen MR) is 110 cm³/mol. The molecule has 0 spiro atoms. The van der Waals surface area contributed by atoms with Crippen LogP contribution in [0.4, 0.5) is 0 Å². The number of nitrogens with zero attached hydrogens (tertiary/aromatic N) is 2. The van der Waals surface area contributed by atoms with Gasteiger partial charge in [-0.25, -0.2) is 4.98 Å². The monoisotopic (exact) mass is 351 g/mol. The summed E-state index contributed by atoms with van der Waals surface area (Å²) in [7, 11) is 0. The Bertz CT molecular complexity index is 1430. The van der Waals surface area contributed by atoms with Crippen LogP contribution >= 0.6 is 11.3 Å². The molecule has 6 aromatic rings. The molecule has 2 aromatic carbocycles. The highest BCUT2D eigenvalue weighted by molar-refractivity contribution is 7.26. The van der Waals surface area contributed by atoms with E-state index in [2.05, 4.69) is 58.5 Å². The quantitative estimate of drug-likeness (QED) is 0.386. The second kappa shape index (κ2) is 5.13. The number of aromatic amines is 1. The van der Waals surface area contributed by atoms with Gasteiger partial charge in [-0.05, 0) is 36.4 Å². The minimum atomic E-state index is 0.949. The number of aromatic nitrogens is 3. The summed E-state index contributed by atoms with van der Waals surface area (Å²) in [6, 6.07) is 21.1. The molecule has 0 saturated carbocycles. The number of H-pyrrole nitrogens is 1. The third-order valence-corrected chi connectivity index (χ3v) is 6.11. The van der Waals surface area contributed by atoms with Crippen LogP contribution in [0.5, 0.6) is 0 Å². The molecule has 0 saturated heterocycles. The van der Waals surface area contributed by atoms with Crippen LogP contribution in [0.1, 0.15) is 0 Å². The normalized spacial score (nSPS) is 11.8. The number of fused-ring (bicyclic) bond motifs is 7. The number of hydrogen-bond donors (Lipinski definition) is 1. The van der Waals surface area contributed by atoms with E-state index in [4.69, 9.17) is 4.98 Å². The van der Waals surface area contributed by atoms with Crippen molar-refractivity contribution in [3.63, 3.8) is 0 Å². The first-order valence-corrected chi connectivity index (χ1v) is 9.33. The first kappa shape index (κ1) is 14.0. The highest BCUT2D eigenvalue weighted by Gasteiger charge is 2.14. The summed E-state index contributed by atoms with van der Waals surface area (Å²) in [5.74, 6) is 0. The van der Waals surface area contributed by atoms with Gasteiger partial charge in [0.15, 0.2) is 0 Å². The van der Waals surface area contributed by atoms with Crippen molar-refractivity contribution in [3.8, 4) is 11.3 Å². The van der Waals surface area contributed by atoms with E-state index in [0.717, 1.165) is 27.8 Å². The zero-order valence-electron chi connectivity index (χ0n) is 13.7. The van der Waals surface area contributed by atoms with Gasteiger partial charge >= 0.3 is 0 Å². The molecule has 0 aliphatic carbocycles. The van der Waals surface area contributed by atoms with Crippen LogP contribution in [0.25, 0.3) is 53.4 Å². The number of hydrogen-bond acceptors (Lipinski definition) is 3. The summed E-state index contributed by atoms with van der Waals surface area (Å²) in [6.45, 7) is 0. The molecule has 4 heteroatoms. The van der Waals surface area contributed by atoms with Crippen LogP contribution in [0, 0.1) is 0 Å². The van der Waals surface area contributed by atoms with Crippen LogP contribution in [0.2, 0.25) is 0 Å². The highest BCUT2D eigenvalue weighted by atomic mass is 32.1. The van der Waals surface area contributed by atoms with E-state index < -0.39 is 0 Å². The fourth-order valence-electron chi connectivity index (χ4n) is 3.70. The van der Waals surface area contributed by atoms with E-state index in [9.17, 15) is 0 Å². The molecule has 0 unspecified atom stereocenters. The van der Waals surface area contributed by atoms with Gasteiger partial charge in [-0.1, -0.05) is 24.3 Å². The minimum absolute atomic E-state index is 0.949.